The summed E-state index contributed by atoms with van der Waals surface area (Å²) in [5.74, 6) is 6.22. The fraction of sp³-hybridized carbons (Fsp3) is 0.182. The van der Waals surface area contributed by atoms with Crippen LogP contribution in [0.5, 0.6) is 0 Å². The third-order valence-electron chi connectivity index (χ3n) is 3.23. The summed E-state index contributed by atoms with van der Waals surface area (Å²) in [5.41, 5.74) is 2.10. The zero-order chi connectivity index (χ0) is 15.3. The molecule has 2 aromatic rings. The van der Waals surface area contributed by atoms with Crippen molar-refractivity contribution in [1.82, 2.24) is 0 Å². The van der Waals surface area contributed by atoms with Crippen molar-refractivity contribution in [3.05, 3.63) is 96.1 Å². The zero-order valence-electron chi connectivity index (χ0n) is 13.2. The van der Waals surface area contributed by atoms with Gasteiger partial charge in [-0.3, -0.25) is 0 Å². The largest absolute Gasteiger partial charge is 0.0882 e. The van der Waals surface area contributed by atoms with Crippen LogP contribution in [0.15, 0.2) is 85.0 Å². The molecule has 1 aliphatic carbocycles. The molecule has 0 N–H and O–H groups in total. The van der Waals surface area contributed by atoms with Crippen LogP contribution in [0, 0.1) is 11.8 Å². The number of rotatable bonds is 0. The smallest absolute Gasteiger partial charge is 0.0249 e. The van der Waals surface area contributed by atoms with Crippen LogP contribution in [0.2, 0.25) is 0 Å². The van der Waals surface area contributed by atoms with Crippen LogP contribution in [0.25, 0.3) is 0 Å². The van der Waals surface area contributed by atoms with Crippen LogP contribution in [0.1, 0.15) is 36.8 Å². The Morgan fingerprint density at radius 3 is 1.09 bits per heavy atom. The van der Waals surface area contributed by atoms with Gasteiger partial charge in [-0.1, -0.05) is 72.5 Å². The van der Waals surface area contributed by atoms with E-state index >= 15 is 0 Å². The molecule has 0 bridgehead atoms. The van der Waals surface area contributed by atoms with E-state index in [1.807, 2.05) is 60.7 Å². The standard InChI is InChI=1S/C14H10.C8H12.Ni/c1-3-7-13(8-4-1)11-12-14-9-5-2-6-10-14;1-2-4-6-8-7-5-3-1;/h1-10H;1-2,7-8H,3-6H2;/b;2-1-,8-7?;. The Balaban J connectivity index is 0.000000253. The minimum absolute atomic E-state index is 0. The van der Waals surface area contributed by atoms with E-state index in [1.54, 1.807) is 0 Å². The first kappa shape index (κ1) is 19.0. The molecule has 0 atom stereocenters. The van der Waals surface area contributed by atoms with E-state index in [2.05, 4.69) is 36.1 Å². The van der Waals surface area contributed by atoms with Gasteiger partial charge >= 0.3 is 0 Å². The normalized spacial score (nSPS) is 13.7. The zero-order valence-corrected chi connectivity index (χ0v) is 14.2. The molecule has 0 nitrogen and oxygen atoms in total. The van der Waals surface area contributed by atoms with Gasteiger partial charge in [0.25, 0.3) is 0 Å². The number of hydrogen-bond acceptors (Lipinski definition) is 0. The summed E-state index contributed by atoms with van der Waals surface area (Å²) >= 11 is 0. The molecule has 0 radical (unpaired) electrons. The molecule has 0 heterocycles. The van der Waals surface area contributed by atoms with Crippen molar-refractivity contribution in [1.29, 1.82) is 0 Å². The van der Waals surface area contributed by atoms with Crippen LogP contribution in [-0.2, 0) is 16.5 Å². The summed E-state index contributed by atoms with van der Waals surface area (Å²) < 4.78 is 0. The van der Waals surface area contributed by atoms with Gasteiger partial charge in [0.1, 0.15) is 0 Å². The van der Waals surface area contributed by atoms with E-state index in [0.717, 1.165) is 11.1 Å². The molecular weight excluding hydrogens is 323 g/mol. The molecule has 120 valence electrons. The van der Waals surface area contributed by atoms with Gasteiger partial charge in [0.05, 0.1) is 0 Å². The Bertz CT molecular complexity index is 573. The van der Waals surface area contributed by atoms with Crippen LogP contribution < -0.4 is 0 Å². The van der Waals surface area contributed by atoms with Gasteiger partial charge in [-0.05, 0) is 49.9 Å². The number of benzene rings is 2. The third kappa shape index (κ3) is 8.87. The summed E-state index contributed by atoms with van der Waals surface area (Å²) in [6.45, 7) is 0. The van der Waals surface area contributed by atoms with Crippen molar-refractivity contribution in [2.75, 3.05) is 0 Å². The van der Waals surface area contributed by atoms with Crippen LogP contribution in [0.4, 0.5) is 0 Å². The van der Waals surface area contributed by atoms with Crippen LogP contribution in [0.3, 0.4) is 0 Å². The second-order valence-electron chi connectivity index (χ2n) is 5.08. The third-order valence-corrected chi connectivity index (χ3v) is 3.23. The van der Waals surface area contributed by atoms with E-state index < -0.39 is 0 Å². The fourth-order valence-corrected chi connectivity index (χ4v) is 2.04. The Hall–Kier alpha value is -2.03. The van der Waals surface area contributed by atoms with Gasteiger partial charge in [-0.25, -0.2) is 0 Å². The molecule has 0 saturated heterocycles. The summed E-state index contributed by atoms with van der Waals surface area (Å²) in [6.07, 6.45) is 14.0. The van der Waals surface area contributed by atoms with Gasteiger partial charge in [-0.2, -0.15) is 0 Å². The molecule has 0 fully saturated rings. The Labute approximate surface area is 150 Å². The second kappa shape index (κ2) is 12.5. The molecule has 1 heteroatoms. The van der Waals surface area contributed by atoms with E-state index in [9.17, 15) is 0 Å². The van der Waals surface area contributed by atoms with Gasteiger partial charge in [-0.15, -0.1) is 0 Å². The molecule has 0 aliphatic heterocycles. The summed E-state index contributed by atoms with van der Waals surface area (Å²) in [6, 6.07) is 20.0. The Morgan fingerprint density at radius 1 is 0.478 bits per heavy atom. The fourth-order valence-electron chi connectivity index (χ4n) is 2.04. The number of allylic oxidation sites excluding steroid dienone is 4. The first-order chi connectivity index (χ1) is 10.9. The molecule has 0 unspecified atom stereocenters. The van der Waals surface area contributed by atoms with E-state index in [-0.39, 0.29) is 16.5 Å². The minimum atomic E-state index is 0. The van der Waals surface area contributed by atoms with E-state index in [1.165, 1.54) is 25.7 Å². The predicted octanol–water partition coefficient (Wildman–Crippen LogP) is 5.76. The predicted molar refractivity (Wildman–Crippen MR) is 95.6 cm³/mol. The SMILES string of the molecule is C(#Cc1ccccc1)c1ccccc1.C1=CCC/C=C\CC1.[Ni]. The van der Waals surface area contributed by atoms with Crippen molar-refractivity contribution in [2.45, 2.75) is 25.7 Å². The van der Waals surface area contributed by atoms with Crippen molar-refractivity contribution < 1.29 is 16.5 Å². The molecule has 0 saturated carbocycles. The maximum Gasteiger partial charge on any atom is 0.0249 e. The Kier molecular flexibility index (Phi) is 10.3. The van der Waals surface area contributed by atoms with Gasteiger partial charge in [0.15, 0.2) is 0 Å². The van der Waals surface area contributed by atoms with Crippen LogP contribution >= 0.6 is 0 Å². The first-order valence-corrected chi connectivity index (χ1v) is 7.87. The molecule has 3 rings (SSSR count). The maximum absolute atomic E-state index is 3.11. The monoisotopic (exact) mass is 344 g/mol. The minimum Gasteiger partial charge on any atom is -0.0882 e. The number of hydrogen-bond donors (Lipinski definition) is 0. The van der Waals surface area contributed by atoms with Gasteiger partial charge in [0, 0.05) is 27.6 Å². The second-order valence-corrected chi connectivity index (χ2v) is 5.08. The van der Waals surface area contributed by atoms with Crippen molar-refractivity contribution in [2.24, 2.45) is 0 Å². The average molecular weight is 345 g/mol. The molecule has 0 aromatic heterocycles. The quantitative estimate of drug-likeness (QED) is 0.324. The summed E-state index contributed by atoms with van der Waals surface area (Å²) in [4.78, 5) is 0. The first-order valence-electron chi connectivity index (χ1n) is 7.87. The van der Waals surface area contributed by atoms with Crippen LogP contribution in [-0.4, -0.2) is 0 Å². The summed E-state index contributed by atoms with van der Waals surface area (Å²) in [7, 11) is 0. The summed E-state index contributed by atoms with van der Waals surface area (Å²) in [5, 5.41) is 0. The molecule has 0 spiro atoms. The molecule has 0 amide bonds. The van der Waals surface area contributed by atoms with E-state index in [0.29, 0.717) is 0 Å². The molecule has 2 aromatic carbocycles. The van der Waals surface area contributed by atoms with Crippen molar-refractivity contribution >= 4 is 0 Å². The molecule has 23 heavy (non-hydrogen) atoms. The van der Waals surface area contributed by atoms with Crippen molar-refractivity contribution in [3.8, 4) is 11.8 Å². The van der Waals surface area contributed by atoms with E-state index in [4.69, 9.17) is 0 Å². The Morgan fingerprint density at radius 2 is 0.783 bits per heavy atom. The van der Waals surface area contributed by atoms with Gasteiger partial charge in [0.2, 0.25) is 0 Å². The average Bonchev–Trinajstić information content (AvgIpc) is 2.55. The van der Waals surface area contributed by atoms with Gasteiger partial charge < -0.3 is 0 Å². The molecular formula is C22H22Ni. The topological polar surface area (TPSA) is 0 Å². The van der Waals surface area contributed by atoms with Crippen molar-refractivity contribution in [3.63, 3.8) is 0 Å². The molecule has 1 aliphatic rings. The maximum atomic E-state index is 3.11.